The molecule has 0 radical (unpaired) electrons. The number of halogens is 1. The molecule has 1 N–H and O–H groups in total. The molecule has 0 aliphatic rings. The van der Waals surface area contributed by atoms with Crippen molar-refractivity contribution in [3.63, 3.8) is 0 Å². The van der Waals surface area contributed by atoms with E-state index >= 15 is 0 Å². The van der Waals surface area contributed by atoms with Gasteiger partial charge >= 0.3 is 0 Å². The van der Waals surface area contributed by atoms with E-state index in [9.17, 15) is 0 Å². The topological polar surface area (TPSA) is 34.1 Å². The summed E-state index contributed by atoms with van der Waals surface area (Å²) in [6.07, 6.45) is 1.81. The van der Waals surface area contributed by atoms with Crippen molar-refractivity contribution < 1.29 is 4.74 Å². The van der Waals surface area contributed by atoms with Gasteiger partial charge in [-0.3, -0.25) is 4.98 Å². The number of ether oxygens (including phenoxy) is 1. The number of pyridine rings is 1. The van der Waals surface area contributed by atoms with Crippen LogP contribution in [0.4, 0.5) is 0 Å². The van der Waals surface area contributed by atoms with Crippen molar-refractivity contribution in [2.45, 2.75) is 19.9 Å². The van der Waals surface area contributed by atoms with Gasteiger partial charge < -0.3 is 10.1 Å². The van der Waals surface area contributed by atoms with Crippen LogP contribution >= 0.6 is 15.9 Å². The zero-order valence-electron chi connectivity index (χ0n) is 11.8. The minimum absolute atomic E-state index is 0.0123. The lowest BCUT2D eigenvalue weighted by molar-refractivity contribution is 0.333. The Morgan fingerprint density at radius 1 is 1.20 bits per heavy atom. The molecule has 2 rings (SSSR count). The molecule has 0 bridgehead atoms. The Hall–Kier alpha value is -1.39. The third-order valence-corrected chi connectivity index (χ3v) is 3.67. The summed E-state index contributed by atoms with van der Waals surface area (Å²) in [5, 5.41) is 3.48. The summed E-state index contributed by atoms with van der Waals surface area (Å²) in [6, 6.07) is 12.0. The molecule has 0 fully saturated rings. The molecule has 0 aliphatic carbocycles. The van der Waals surface area contributed by atoms with Gasteiger partial charge in [-0.1, -0.05) is 25.1 Å². The molecule has 1 heterocycles. The number of hydrogen-bond acceptors (Lipinski definition) is 3. The first-order valence-corrected chi connectivity index (χ1v) is 7.62. The van der Waals surface area contributed by atoms with Crippen LogP contribution in [0.5, 0.6) is 5.75 Å². The summed E-state index contributed by atoms with van der Waals surface area (Å²) in [6.45, 7) is 5.59. The van der Waals surface area contributed by atoms with Gasteiger partial charge in [-0.15, -0.1) is 0 Å². The SMILES string of the molecule is CCNC(c1ccccc1OCC)c1ncccc1Br. The van der Waals surface area contributed by atoms with Crippen LogP contribution in [0.15, 0.2) is 47.1 Å². The van der Waals surface area contributed by atoms with Crippen LogP contribution in [0, 0.1) is 0 Å². The van der Waals surface area contributed by atoms with Gasteiger partial charge in [0.2, 0.25) is 0 Å². The highest BCUT2D eigenvalue weighted by Crippen LogP contribution is 2.32. The molecule has 1 unspecified atom stereocenters. The lowest BCUT2D eigenvalue weighted by atomic mass is 10.0. The molecule has 0 aliphatic heterocycles. The van der Waals surface area contributed by atoms with Gasteiger partial charge in [-0.25, -0.2) is 0 Å². The molecular weight excluding hydrogens is 316 g/mol. The average Bonchev–Trinajstić information content (AvgIpc) is 2.47. The third kappa shape index (κ3) is 3.38. The normalized spacial score (nSPS) is 12.2. The highest BCUT2D eigenvalue weighted by atomic mass is 79.9. The largest absolute Gasteiger partial charge is 0.494 e. The summed E-state index contributed by atoms with van der Waals surface area (Å²) in [5.74, 6) is 0.901. The van der Waals surface area contributed by atoms with Crippen molar-refractivity contribution in [3.05, 3.63) is 58.3 Å². The zero-order chi connectivity index (χ0) is 14.4. The number of aromatic nitrogens is 1. The van der Waals surface area contributed by atoms with E-state index in [1.165, 1.54) is 0 Å². The lowest BCUT2D eigenvalue weighted by Gasteiger charge is -2.21. The first kappa shape index (κ1) is 15.0. The highest BCUT2D eigenvalue weighted by molar-refractivity contribution is 9.10. The molecule has 4 heteroatoms. The van der Waals surface area contributed by atoms with Crippen LogP contribution in [-0.4, -0.2) is 18.1 Å². The summed E-state index contributed by atoms with van der Waals surface area (Å²) < 4.78 is 6.74. The number of nitrogens with one attached hydrogen (secondary N) is 1. The number of nitrogens with zero attached hydrogens (tertiary/aromatic N) is 1. The fourth-order valence-corrected chi connectivity index (χ4v) is 2.66. The second-order valence-electron chi connectivity index (χ2n) is 4.33. The fourth-order valence-electron chi connectivity index (χ4n) is 2.17. The van der Waals surface area contributed by atoms with E-state index in [0.717, 1.165) is 28.0 Å². The molecule has 20 heavy (non-hydrogen) atoms. The molecule has 106 valence electrons. The van der Waals surface area contributed by atoms with E-state index in [1.807, 2.05) is 43.5 Å². The van der Waals surface area contributed by atoms with Crippen molar-refractivity contribution in [2.24, 2.45) is 0 Å². The van der Waals surface area contributed by atoms with E-state index in [2.05, 4.69) is 39.2 Å². The van der Waals surface area contributed by atoms with Crippen LogP contribution in [-0.2, 0) is 0 Å². The zero-order valence-corrected chi connectivity index (χ0v) is 13.4. The molecule has 1 atom stereocenters. The van der Waals surface area contributed by atoms with Gasteiger partial charge in [0.15, 0.2) is 0 Å². The van der Waals surface area contributed by atoms with Gasteiger partial charge in [0, 0.05) is 16.2 Å². The number of hydrogen-bond donors (Lipinski definition) is 1. The maximum absolute atomic E-state index is 5.74. The second kappa shape index (κ2) is 7.41. The van der Waals surface area contributed by atoms with E-state index in [-0.39, 0.29) is 6.04 Å². The maximum atomic E-state index is 5.74. The second-order valence-corrected chi connectivity index (χ2v) is 5.19. The van der Waals surface area contributed by atoms with E-state index < -0.39 is 0 Å². The minimum Gasteiger partial charge on any atom is -0.494 e. The Kier molecular flexibility index (Phi) is 5.56. The first-order chi connectivity index (χ1) is 9.77. The van der Waals surface area contributed by atoms with Crippen LogP contribution < -0.4 is 10.1 Å². The Bertz CT molecular complexity index is 560. The Labute approximate surface area is 128 Å². The molecule has 1 aromatic heterocycles. The number of para-hydroxylation sites is 1. The van der Waals surface area contributed by atoms with E-state index in [0.29, 0.717) is 6.61 Å². The quantitative estimate of drug-likeness (QED) is 0.868. The van der Waals surface area contributed by atoms with Crippen LogP contribution in [0.1, 0.15) is 31.1 Å². The lowest BCUT2D eigenvalue weighted by Crippen LogP contribution is -2.24. The molecule has 0 saturated heterocycles. The highest BCUT2D eigenvalue weighted by Gasteiger charge is 2.20. The summed E-state index contributed by atoms with van der Waals surface area (Å²) in [5.41, 5.74) is 2.08. The molecule has 0 amide bonds. The summed E-state index contributed by atoms with van der Waals surface area (Å²) >= 11 is 3.58. The Balaban J connectivity index is 2.46. The predicted molar refractivity (Wildman–Crippen MR) is 85.1 cm³/mol. The monoisotopic (exact) mass is 334 g/mol. The molecule has 0 spiro atoms. The van der Waals surface area contributed by atoms with Crippen LogP contribution in [0.25, 0.3) is 0 Å². The predicted octanol–water partition coefficient (Wildman–Crippen LogP) is 3.94. The molecule has 1 aromatic carbocycles. The molecule has 3 nitrogen and oxygen atoms in total. The number of rotatable bonds is 6. The van der Waals surface area contributed by atoms with Crippen molar-refractivity contribution in [3.8, 4) is 5.75 Å². The van der Waals surface area contributed by atoms with Crippen molar-refractivity contribution in [1.82, 2.24) is 10.3 Å². The minimum atomic E-state index is 0.0123. The van der Waals surface area contributed by atoms with Crippen molar-refractivity contribution in [1.29, 1.82) is 0 Å². The molecule has 2 aromatic rings. The molecule has 0 saturated carbocycles. The van der Waals surface area contributed by atoms with Gasteiger partial charge in [0.1, 0.15) is 5.75 Å². The Morgan fingerprint density at radius 2 is 2.00 bits per heavy atom. The van der Waals surface area contributed by atoms with E-state index in [4.69, 9.17) is 4.74 Å². The maximum Gasteiger partial charge on any atom is 0.124 e. The van der Waals surface area contributed by atoms with Gasteiger partial charge in [-0.2, -0.15) is 0 Å². The van der Waals surface area contributed by atoms with Crippen molar-refractivity contribution >= 4 is 15.9 Å². The van der Waals surface area contributed by atoms with Gasteiger partial charge in [0.05, 0.1) is 18.3 Å². The van der Waals surface area contributed by atoms with Gasteiger partial charge in [-0.05, 0) is 47.6 Å². The first-order valence-electron chi connectivity index (χ1n) is 6.83. The van der Waals surface area contributed by atoms with Crippen molar-refractivity contribution in [2.75, 3.05) is 13.2 Å². The van der Waals surface area contributed by atoms with Gasteiger partial charge in [0.25, 0.3) is 0 Å². The number of benzene rings is 1. The standard InChI is InChI=1S/C16H19BrN2O/c1-3-18-15(16-13(17)9-7-11-19-16)12-8-5-6-10-14(12)20-4-2/h5-11,15,18H,3-4H2,1-2H3. The van der Waals surface area contributed by atoms with Crippen LogP contribution in [0.2, 0.25) is 0 Å². The summed E-state index contributed by atoms with van der Waals surface area (Å²) in [7, 11) is 0. The molecular formula is C16H19BrN2O. The summed E-state index contributed by atoms with van der Waals surface area (Å²) in [4.78, 5) is 4.51. The van der Waals surface area contributed by atoms with Crippen LogP contribution in [0.3, 0.4) is 0 Å². The average molecular weight is 335 g/mol. The third-order valence-electron chi connectivity index (χ3n) is 3.00. The van der Waals surface area contributed by atoms with E-state index in [1.54, 1.807) is 0 Å². The smallest absolute Gasteiger partial charge is 0.124 e. The Morgan fingerprint density at radius 3 is 2.70 bits per heavy atom. The fraction of sp³-hybridized carbons (Fsp3) is 0.312.